The number of hydrogen-bond donors (Lipinski definition) is 1. The average Bonchev–Trinajstić information content (AvgIpc) is 2.91. The summed E-state index contributed by atoms with van der Waals surface area (Å²) in [6, 6.07) is 5.09. The minimum atomic E-state index is 0.474. The summed E-state index contributed by atoms with van der Waals surface area (Å²) in [6.45, 7) is 5.32. The van der Waals surface area contributed by atoms with Gasteiger partial charge < -0.3 is 10.2 Å². The van der Waals surface area contributed by atoms with Gasteiger partial charge in [-0.05, 0) is 42.8 Å². The van der Waals surface area contributed by atoms with Crippen LogP contribution in [0, 0.1) is 0 Å². The van der Waals surface area contributed by atoms with Gasteiger partial charge in [-0.25, -0.2) is 4.98 Å². The molecular weight excluding hydrogens is 254 g/mol. The lowest BCUT2D eigenvalue weighted by Crippen LogP contribution is -2.32. The van der Waals surface area contributed by atoms with Gasteiger partial charge in [0.05, 0.1) is 0 Å². The lowest BCUT2D eigenvalue weighted by molar-refractivity contribution is 0.684. The Bertz CT molecular complexity index is 414. The van der Waals surface area contributed by atoms with Gasteiger partial charge in [0.15, 0.2) is 0 Å². The Kier molecular flexibility index (Phi) is 5.11. The van der Waals surface area contributed by atoms with Crippen LogP contribution in [0.5, 0.6) is 0 Å². The van der Waals surface area contributed by atoms with Crippen LogP contribution in [0.15, 0.2) is 12.1 Å². The first kappa shape index (κ1) is 14.7. The van der Waals surface area contributed by atoms with Gasteiger partial charge in [-0.1, -0.05) is 13.8 Å². The average molecular weight is 279 g/mol. The first-order valence-electron chi connectivity index (χ1n) is 7.08. The predicted octanol–water partition coefficient (Wildman–Crippen LogP) is 2.87. The number of nitrogens with zero attached hydrogens (tertiary/aromatic N) is 2. The van der Waals surface area contributed by atoms with E-state index in [9.17, 15) is 0 Å². The summed E-state index contributed by atoms with van der Waals surface area (Å²) in [4.78, 5) is 7.21. The monoisotopic (exact) mass is 279 g/mol. The van der Waals surface area contributed by atoms with E-state index in [2.05, 4.69) is 43.2 Å². The van der Waals surface area contributed by atoms with E-state index in [4.69, 9.17) is 4.98 Å². The zero-order valence-corrected chi connectivity index (χ0v) is 13.3. The van der Waals surface area contributed by atoms with Gasteiger partial charge in [0.1, 0.15) is 5.82 Å². The summed E-state index contributed by atoms with van der Waals surface area (Å²) in [5.41, 5.74) is 2.52. The van der Waals surface area contributed by atoms with E-state index in [1.54, 1.807) is 0 Å². The number of thioether (sulfide) groups is 1. The van der Waals surface area contributed by atoms with Crippen LogP contribution in [0.25, 0.3) is 0 Å². The number of hydrogen-bond acceptors (Lipinski definition) is 4. The van der Waals surface area contributed by atoms with Crippen molar-refractivity contribution in [1.29, 1.82) is 0 Å². The van der Waals surface area contributed by atoms with Gasteiger partial charge in [-0.15, -0.1) is 0 Å². The summed E-state index contributed by atoms with van der Waals surface area (Å²) in [6.07, 6.45) is 1.27. The van der Waals surface area contributed by atoms with Gasteiger partial charge in [-0.3, -0.25) is 0 Å². The molecule has 0 saturated carbocycles. The van der Waals surface area contributed by atoms with Crippen molar-refractivity contribution in [2.24, 2.45) is 0 Å². The molecule has 2 rings (SSSR count). The molecule has 0 spiro atoms. The molecule has 1 atom stereocenters. The molecule has 3 nitrogen and oxygen atoms in total. The van der Waals surface area contributed by atoms with Crippen LogP contribution in [0.1, 0.15) is 37.4 Å². The maximum absolute atomic E-state index is 4.85. The van der Waals surface area contributed by atoms with E-state index in [1.165, 1.54) is 29.2 Å². The molecule has 0 aliphatic carbocycles. The van der Waals surface area contributed by atoms with Crippen LogP contribution in [0.2, 0.25) is 0 Å². The summed E-state index contributed by atoms with van der Waals surface area (Å²) < 4.78 is 0. The zero-order valence-electron chi connectivity index (χ0n) is 12.4. The molecule has 0 bridgehead atoms. The van der Waals surface area contributed by atoms with E-state index < -0.39 is 0 Å². The second-order valence-electron chi connectivity index (χ2n) is 5.57. The summed E-state index contributed by atoms with van der Waals surface area (Å²) in [5, 5.41) is 3.24. The van der Waals surface area contributed by atoms with Crippen molar-refractivity contribution < 1.29 is 0 Å². The third-order valence-corrected chi connectivity index (χ3v) is 4.82. The van der Waals surface area contributed by atoms with Crippen LogP contribution in [0.4, 0.5) is 5.82 Å². The second-order valence-corrected chi connectivity index (χ2v) is 6.72. The summed E-state index contributed by atoms with van der Waals surface area (Å²) in [5.74, 6) is 4.11. The molecule has 0 aromatic carbocycles. The fraction of sp³-hybridized carbons (Fsp3) is 0.667. The fourth-order valence-corrected chi connectivity index (χ4v) is 3.66. The molecule has 4 heteroatoms. The van der Waals surface area contributed by atoms with Crippen molar-refractivity contribution in [2.45, 2.75) is 38.8 Å². The van der Waals surface area contributed by atoms with Crippen LogP contribution in [-0.2, 0) is 6.54 Å². The third-order valence-electron chi connectivity index (χ3n) is 3.68. The highest BCUT2D eigenvalue weighted by Crippen LogP contribution is 2.26. The van der Waals surface area contributed by atoms with Crippen molar-refractivity contribution in [2.75, 3.05) is 30.5 Å². The van der Waals surface area contributed by atoms with Gasteiger partial charge in [0.25, 0.3) is 0 Å². The van der Waals surface area contributed by atoms with Gasteiger partial charge in [0, 0.05) is 31.1 Å². The first-order chi connectivity index (χ1) is 9.11. The lowest BCUT2D eigenvalue weighted by Gasteiger charge is -2.26. The quantitative estimate of drug-likeness (QED) is 0.897. The highest BCUT2D eigenvalue weighted by atomic mass is 32.2. The SMILES string of the molecule is CNCc1cc(C(C)C)nc(N(C)C2CCSC2)c1. The Morgan fingerprint density at radius 1 is 1.47 bits per heavy atom. The van der Waals surface area contributed by atoms with E-state index in [0.717, 1.165) is 12.4 Å². The van der Waals surface area contributed by atoms with E-state index in [1.807, 2.05) is 18.8 Å². The second kappa shape index (κ2) is 6.62. The molecule has 2 heterocycles. The highest BCUT2D eigenvalue weighted by Gasteiger charge is 2.21. The number of rotatable bonds is 5. The molecule has 1 fully saturated rings. The maximum atomic E-state index is 4.85. The first-order valence-corrected chi connectivity index (χ1v) is 8.23. The Labute approximate surface area is 121 Å². The van der Waals surface area contributed by atoms with Gasteiger partial charge in [-0.2, -0.15) is 11.8 Å². The minimum Gasteiger partial charge on any atom is -0.356 e. The molecule has 1 unspecified atom stereocenters. The molecule has 1 aromatic heterocycles. The number of aromatic nitrogens is 1. The Hall–Kier alpha value is -0.740. The van der Waals surface area contributed by atoms with Gasteiger partial charge >= 0.3 is 0 Å². The largest absolute Gasteiger partial charge is 0.356 e. The Balaban J connectivity index is 2.26. The molecule has 19 heavy (non-hydrogen) atoms. The van der Waals surface area contributed by atoms with Crippen LogP contribution in [0.3, 0.4) is 0 Å². The maximum Gasteiger partial charge on any atom is 0.129 e. The fourth-order valence-electron chi connectivity index (χ4n) is 2.39. The number of anilines is 1. The number of nitrogens with one attached hydrogen (secondary N) is 1. The van der Waals surface area contributed by atoms with Crippen molar-refractivity contribution in [3.05, 3.63) is 23.4 Å². The molecule has 1 aliphatic heterocycles. The molecular formula is C15H25N3S. The van der Waals surface area contributed by atoms with Crippen molar-refractivity contribution in [1.82, 2.24) is 10.3 Å². The molecule has 0 radical (unpaired) electrons. The van der Waals surface area contributed by atoms with Crippen molar-refractivity contribution >= 4 is 17.6 Å². The zero-order chi connectivity index (χ0) is 13.8. The van der Waals surface area contributed by atoms with Crippen molar-refractivity contribution in [3.63, 3.8) is 0 Å². The molecule has 0 amide bonds. The summed E-state index contributed by atoms with van der Waals surface area (Å²) in [7, 11) is 4.18. The lowest BCUT2D eigenvalue weighted by atomic mass is 10.1. The van der Waals surface area contributed by atoms with E-state index >= 15 is 0 Å². The smallest absolute Gasteiger partial charge is 0.129 e. The predicted molar refractivity (Wildman–Crippen MR) is 85.2 cm³/mol. The van der Waals surface area contributed by atoms with Crippen LogP contribution in [-0.4, -0.2) is 36.6 Å². The molecule has 1 saturated heterocycles. The number of pyridine rings is 1. The molecule has 106 valence electrons. The van der Waals surface area contributed by atoms with Crippen LogP contribution < -0.4 is 10.2 Å². The van der Waals surface area contributed by atoms with Crippen molar-refractivity contribution in [3.8, 4) is 0 Å². The Morgan fingerprint density at radius 2 is 2.26 bits per heavy atom. The standard InChI is InChI=1S/C15H25N3S/c1-11(2)14-7-12(9-16-3)8-15(17-14)18(4)13-5-6-19-10-13/h7-8,11,13,16H,5-6,9-10H2,1-4H3. The van der Waals surface area contributed by atoms with Crippen LogP contribution >= 0.6 is 11.8 Å². The normalized spacial score (nSPS) is 19.1. The third kappa shape index (κ3) is 3.63. The van der Waals surface area contributed by atoms with E-state index in [-0.39, 0.29) is 0 Å². The molecule has 1 aliphatic rings. The van der Waals surface area contributed by atoms with Gasteiger partial charge in [0.2, 0.25) is 0 Å². The molecule has 1 aromatic rings. The topological polar surface area (TPSA) is 28.2 Å². The van der Waals surface area contributed by atoms with E-state index in [0.29, 0.717) is 12.0 Å². The highest BCUT2D eigenvalue weighted by molar-refractivity contribution is 7.99. The Morgan fingerprint density at radius 3 is 2.84 bits per heavy atom. The molecule has 1 N–H and O–H groups in total. The minimum absolute atomic E-state index is 0.474. The summed E-state index contributed by atoms with van der Waals surface area (Å²) >= 11 is 2.05.